The molecular formula is C23H20FN3O2S2. The summed E-state index contributed by atoms with van der Waals surface area (Å²) < 4.78 is 14.2. The SMILES string of the molecule is CC(=O)N(c1nc(/C=C/C(=O)N2CCCSc3ccccc32)cs1)c1ccccc1F. The Bertz CT molecular complexity index is 1150. The predicted molar refractivity (Wildman–Crippen MR) is 125 cm³/mol. The predicted octanol–water partition coefficient (Wildman–Crippen LogP) is 5.51. The number of anilines is 3. The van der Waals surface area contributed by atoms with Crippen molar-refractivity contribution >= 4 is 57.5 Å². The summed E-state index contributed by atoms with van der Waals surface area (Å²) in [5, 5.41) is 2.09. The topological polar surface area (TPSA) is 53.5 Å². The van der Waals surface area contributed by atoms with E-state index in [4.69, 9.17) is 0 Å². The second-order valence-electron chi connectivity index (χ2n) is 6.85. The van der Waals surface area contributed by atoms with E-state index in [2.05, 4.69) is 4.98 Å². The Kier molecular flexibility index (Phi) is 6.48. The standard InChI is InChI=1S/C23H20FN3O2S2/c1-16(28)27(19-8-3-2-7-18(19)24)23-25-17(15-31-23)11-12-22(29)26-13-6-14-30-21-10-5-4-9-20(21)26/h2-5,7-12,15H,6,13-14H2,1H3/b12-11+. The molecule has 0 aliphatic carbocycles. The van der Waals surface area contributed by atoms with Crippen molar-refractivity contribution in [2.75, 3.05) is 22.1 Å². The molecule has 1 aliphatic heterocycles. The lowest BCUT2D eigenvalue weighted by molar-refractivity contribution is -0.116. The molecule has 0 atom stereocenters. The molecule has 0 bridgehead atoms. The summed E-state index contributed by atoms with van der Waals surface area (Å²) >= 11 is 2.97. The average molecular weight is 454 g/mol. The largest absolute Gasteiger partial charge is 0.308 e. The molecule has 0 saturated heterocycles. The van der Waals surface area contributed by atoms with Gasteiger partial charge in [0.25, 0.3) is 5.91 Å². The maximum atomic E-state index is 14.2. The lowest BCUT2D eigenvalue weighted by Crippen LogP contribution is -2.30. The van der Waals surface area contributed by atoms with Crippen molar-refractivity contribution in [2.24, 2.45) is 0 Å². The Hall–Kier alpha value is -2.97. The van der Waals surface area contributed by atoms with E-state index in [-0.39, 0.29) is 17.5 Å². The number of nitrogens with zero attached hydrogens (tertiary/aromatic N) is 3. The van der Waals surface area contributed by atoms with Crippen LogP contribution < -0.4 is 9.80 Å². The lowest BCUT2D eigenvalue weighted by Gasteiger charge is -2.20. The number of rotatable bonds is 4. The number of halogens is 1. The molecule has 8 heteroatoms. The van der Waals surface area contributed by atoms with Gasteiger partial charge in [0.05, 0.1) is 17.1 Å². The van der Waals surface area contributed by atoms with Gasteiger partial charge in [-0.3, -0.25) is 14.5 Å². The van der Waals surface area contributed by atoms with Crippen LogP contribution in [0.2, 0.25) is 0 Å². The fourth-order valence-electron chi connectivity index (χ4n) is 3.30. The van der Waals surface area contributed by atoms with Crippen LogP contribution in [0, 0.1) is 5.82 Å². The molecule has 0 N–H and O–H groups in total. The Balaban J connectivity index is 1.55. The zero-order chi connectivity index (χ0) is 21.8. The van der Waals surface area contributed by atoms with Gasteiger partial charge in [-0.1, -0.05) is 24.3 Å². The Morgan fingerprint density at radius 2 is 1.94 bits per heavy atom. The number of carbonyl (C=O) groups is 2. The highest BCUT2D eigenvalue weighted by Crippen LogP contribution is 2.34. The van der Waals surface area contributed by atoms with Crippen molar-refractivity contribution in [1.82, 2.24) is 4.98 Å². The summed E-state index contributed by atoms with van der Waals surface area (Å²) in [6.45, 7) is 2.02. The van der Waals surface area contributed by atoms with Crippen LogP contribution in [0.15, 0.2) is 64.9 Å². The van der Waals surface area contributed by atoms with Gasteiger partial charge in [0, 0.05) is 29.8 Å². The van der Waals surface area contributed by atoms with Crippen LogP contribution in [-0.2, 0) is 9.59 Å². The van der Waals surface area contributed by atoms with E-state index in [0.29, 0.717) is 17.4 Å². The number of para-hydroxylation sites is 2. The van der Waals surface area contributed by atoms with E-state index in [1.54, 1.807) is 40.3 Å². The minimum absolute atomic E-state index is 0.123. The normalized spacial score (nSPS) is 13.7. The molecule has 158 valence electrons. The average Bonchev–Trinajstić information content (AvgIpc) is 3.11. The zero-order valence-electron chi connectivity index (χ0n) is 16.8. The van der Waals surface area contributed by atoms with Gasteiger partial charge >= 0.3 is 0 Å². The van der Waals surface area contributed by atoms with E-state index in [1.807, 2.05) is 24.3 Å². The van der Waals surface area contributed by atoms with Gasteiger partial charge in [0.2, 0.25) is 5.91 Å². The summed E-state index contributed by atoms with van der Waals surface area (Å²) in [4.78, 5) is 33.6. The molecule has 31 heavy (non-hydrogen) atoms. The molecule has 0 saturated carbocycles. The monoisotopic (exact) mass is 453 g/mol. The molecule has 3 aromatic rings. The van der Waals surface area contributed by atoms with E-state index in [9.17, 15) is 14.0 Å². The van der Waals surface area contributed by atoms with E-state index < -0.39 is 5.82 Å². The first-order chi connectivity index (χ1) is 15.0. The molecule has 1 aromatic heterocycles. The third-order valence-corrected chi connectivity index (χ3v) is 6.70. The molecule has 1 aliphatic rings. The van der Waals surface area contributed by atoms with Gasteiger partial charge in [-0.05, 0) is 42.5 Å². The number of amides is 2. The van der Waals surface area contributed by atoms with Gasteiger partial charge in [-0.25, -0.2) is 9.37 Å². The molecular weight excluding hydrogens is 433 g/mol. The summed E-state index contributed by atoms with van der Waals surface area (Å²) in [5.41, 5.74) is 1.60. The second-order valence-corrected chi connectivity index (χ2v) is 8.83. The van der Waals surface area contributed by atoms with Crippen molar-refractivity contribution < 1.29 is 14.0 Å². The highest BCUT2D eigenvalue weighted by atomic mass is 32.2. The summed E-state index contributed by atoms with van der Waals surface area (Å²) in [6, 6.07) is 14.0. The molecule has 0 spiro atoms. The highest BCUT2D eigenvalue weighted by molar-refractivity contribution is 7.99. The molecule has 2 aromatic carbocycles. The van der Waals surface area contributed by atoms with Crippen LogP contribution in [0.3, 0.4) is 0 Å². The van der Waals surface area contributed by atoms with Gasteiger partial charge in [0.1, 0.15) is 5.82 Å². The van der Waals surface area contributed by atoms with Gasteiger partial charge in [0.15, 0.2) is 5.13 Å². The number of hydrogen-bond acceptors (Lipinski definition) is 5. The van der Waals surface area contributed by atoms with Crippen LogP contribution in [0.5, 0.6) is 0 Å². The first-order valence-electron chi connectivity index (χ1n) is 9.77. The molecule has 0 unspecified atom stereocenters. The number of hydrogen-bond donors (Lipinski definition) is 0. The number of fused-ring (bicyclic) bond motifs is 1. The maximum absolute atomic E-state index is 14.2. The molecule has 2 amide bonds. The quantitative estimate of drug-likeness (QED) is 0.489. The first kappa shape index (κ1) is 21.3. The second kappa shape index (κ2) is 9.45. The van der Waals surface area contributed by atoms with E-state index in [0.717, 1.165) is 22.8 Å². The molecule has 0 fully saturated rings. The number of benzene rings is 2. The number of thioether (sulfide) groups is 1. The zero-order valence-corrected chi connectivity index (χ0v) is 18.5. The summed E-state index contributed by atoms with van der Waals surface area (Å²) in [6.07, 6.45) is 4.03. The smallest absolute Gasteiger partial charge is 0.251 e. The van der Waals surface area contributed by atoms with Gasteiger partial charge in [-0.15, -0.1) is 23.1 Å². The fraction of sp³-hybridized carbons (Fsp3) is 0.174. The third kappa shape index (κ3) is 4.70. The van der Waals surface area contributed by atoms with E-state index in [1.165, 1.54) is 41.4 Å². The first-order valence-corrected chi connectivity index (χ1v) is 11.6. The van der Waals surface area contributed by atoms with Gasteiger partial charge in [-0.2, -0.15) is 0 Å². The molecule has 2 heterocycles. The van der Waals surface area contributed by atoms with Crippen LogP contribution in [0.4, 0.5) is 20.9 Å². The lowest BCUT2D eigenvalue weighted by atomic mass is 10.2. The highest BCUT2D eigenvalue weighted by Gasteiger charge is 2.21. The van der Waals surface area contributed by atoms with Crippen LogP contribution in [0.1, 0.15) is 19.0 Å². The molecule has 4 rings (SSSR count). The van der Waals surface area contributed by atoms with Crippen LogP contribution >= 0.6 is 23.1 Å². The molecule has 5 nitrogen and oxygen atoms in total. The maximum Gasteiger partial charge on any atom is 0.251 e. The number of thiazole rings is 1. The van der Waals surface area contributed by atoms with Crippen LogP contribution in [-0.4, -0.2) is 29.1 Å². The van der Waals surface area contributed by atoms with Crippen LogP contribution in [0.25, 0.3) is 6.08 Å². The van der Waals surface area contributed by atoms with Crippen molar-refractivity contribution in [2.45, 2.75) is 18.2 Å². The summed E-state index contributed by atoms with van der Waals surface area (Å²) in [7, 11) is 0. The fourth-order valence-corrected chi connectivity index (χ4v) is 5.14. The number of aromatic nitrogens is 1. The van der Waals surface area contributed by atoms with Crippen molar-refractivity contribution in [1.29, 1.82) is 0 Å². The Morgan fingerprint density at radius 3 is 2.74 bits per heavy atom. The minimum Gasteiger partial charge on any atom is -0.308 e. The van der Waals surface area contributed by atoms with Gasteiger partial charge < -0.3 is 4.90 Å². The summed E-state index contributed by atoms with van der Waals surface area (Å²) in [5.74, 6) is 0.00119. The third-order valence-electron chi connectivity index (χ3n) is 4.71. The molecule has 0 radical (unpaired) electrons. The van der Waals surface area contributed by atoms with E-state index >= 15 is 0 Å². The van der Waals surface area contributed by atoms with Crippen molar-refractivity contribution in [3.63, 3.8) is 0 Å². The minimum atomic E-state index is -0.502. The Labute approximate surface area is 188 Å². The number of carbonyl (C=O) groups excluding carboxylic acids is 2. The van der Waals surface area contributed by atoms with Crippen molar-refractivity contribution in [3.8, 4) is 0 Å². The van der Waals surface area contributed by atoms with Crippen molar-refractivity contribution in [3.05, 3.63) is 71.5 Å². The Morgan fingerprint density at radius 1 is 1.16 bits per heavy atom.